The number of carbonyl (C=O) groups excluding carboxylic acids is 3. The average Bonchev–Trinajstić information content (AvgIpc) is 3.27. The predicted molar refractivity (Wildman–Crippen MR) is 97.8 cm³/mol. The molecule has 1 heterocycles. The molecule has 3 aromatic rings. The van der Waals surface area contributed by atoms with Crippen LogP contribution in [0, 0.1) is 10.1 Å². The van der Waals surface area contributed by atoms with Crippen LogP contribution in [0.15, 0.2) is 71.3 Å². The number of hydrogen-bond donors (Lipinski definition) is 0. The molecule has 0 spiro atoms. The number of nitrogens with zero attached hydrogens (tertiary/aromatic N) is 1. The van der Waals surface area contributed by atoms with Crippen molar-refractivity contribution in [1.29, 1.82) is 0 Å². The normalized spacial score (nSPS) is 10.2. The lowest BCUT2D eigenvalue weighted by molar-refractivity contribution is -0.384. The number of nitro groups is 1. The van der Waals surface area contributed by atoms with Gasteiger partial charge in [0, 0.05) is 17.7 Å². The summed E-state index contributed by atoms with van der Waals surface area (Å²) in [4.78, 5) is 45.9. The maximum absolute atomic E-state index is 12.2. The van der Waals surface area contributed by atoms with E-state index in [1.807, 2.05) is 0 Å². The molecule has 0 unspecified atom stereocenters. The topological polar surface area (TPSA) is 126 Å². The van der Waals surface area contributed by atoms with Gasteiger partial charge in [0.15, 0.2) is 12.4 Å². The molecule has 0 bridgehead atoms. The van der Waals surface area contributed by atoms with Gasteiger partial charge in [-0.1, -0.05) is 0 Å². The van der Waals surface area contributed by atoms with Crippen molar-refractivity contribution in [2.45, 2.75) is 0 Å². The number of nitro benzene ring substituents is 1. The monoisotopic (exact) mass is 395 g/mol. The van der Waals surface area contributed by atoms with Gasteiger partial charge in [0.05, 0.1) is 16.7 Å². The first-order chi connectivity index (χ1) is 13.9. The summed E-state index contributed by atoms with van der Waals surface area (Å²) in [5.74, 6) is -1.67. The molecule has 29 heavy (non-hydrogen) atoms. The molecule has 0 N–H and O–H groups in total. The minimum Gasteiger partial charge on any atom is -0.457 e. The zero-order chi connectivity index (χ0) is 20.8. The van der Waals surface area contributed by atoms with Gasteiger partial charge in [-0.3, -0.25) is 14.9 Å². The molecule has 146 valence electrons. The van der Waals surface area contributed by atoms with Crippen molar-refractivity contribution < 1.29 is 33.2 Å². The van der Waals surface area contributed by atoms with Gasteiger partial charge in [-0.15, -0.1) is 0 Å². The van der Waals surface area contributed by atoms with Crippen molar-refractivity contribution in [1.82, 2.24) is 0 Å². The lowest BCUT2D eigenvalue weighted by atomic mass is 10.1. The Labute approximate surface area is 163 Å². The van der Waals surface area contributed by atoms with E-state index in [0.29, 0.717) is 0 Å². The molecule has 9 nitrogen and oxygen atoms in total. The van der Waals surface area contributed by atoms with Crippen molar-refractivity contribution in [3.05, 3.63) is 93.9 Å². The number of hydrogen-bond acceptors (Lipinski definition) is 8. The molecule has 1 aromatic heterocycles. The van der Waals surface area contributed by atoms with Crippen molar-refractivity contribution in [3.8, 4) is 5.75 Å². The number of furan rings is 1. The quantitative estimate of drug-likeness (QED) is 0.196. The molecule has 0 aliphatic heterocycles. The molecule has 2 aromatic carbocycles. The lowest BCUT2D eigenvalue weighted by Crippen LogP contribution is -2.14. The van der Waals surface area contributed by atoms with Gasteiger partial charge in [-0.2, -0.15) is 0 Å². The fraction of sp³-hybridized carbons (Fsp3) is 0.0500. The zero-order valence-corrected chi connectivity index (χ0v) is 14.8. The van der Waals surface area contributed by atoms with Gasteiger partial charge < -0.3 is 13.9 Å². The summed E-state index contributed by atoms with van der Waals surface area (Å²) in [5, 5.41) is 10.6. The van der Waals surface area contributed by atoms with Crippen molar-refractivity contribution >= 4 is 23.4 Å². The van der Waals surface area contributed by atoms with E-state index in [0.717, 1.165) is 0 Å². The average molecular weight is 395 g/mol. The second-order valence-electron chi connectivity index (χ2n) is 5.69. The fourth-order valence-electron chi connectivity index (χ4n) is 2.28. The van der Waals surface area contributed by atoms with E-state index in [1.54, 1.807) is 6.07 Å². The highest BCUT2D eigenvalue weighted by atomic mass is 16.6. The van der Waals surface area contributed by atoms with Crippen LogP contribution in [0.4, 0.5) is 5.69 Å². The van der Waals surface area contributed by atoms with Gasteiger partial charge in [-0.25, -0.2) is 9.59 Å². The van der Waals surface area contributed by atoms with Crippen LogP contribution in [-0.2, 0) is 4.74 Å². The van der Waals surface area contributed by atoms with E-state index >= 15 is 0 Å². The number of Topliss-reactive ketones (excluding diaryl/α,β-unsaturated/α-hetero) is 1. The van der Waals surface area contributed by atoms with E-state index in [9.17, 15) is 24.5 Å². The van der Waals surface area contributed by atoms with Gasteiger partial charge in [0.2, 0.25) is 5.76 Å². The van der Waals surface area contributed by atoms with E-state index in [-0.39, 0.29) is 28.3 Å². The minimum absolute atomic E-state index is 0.0447. The molecule has 0 saturated heterocycles. The van der Waals surface area contributed by atoms with E-state index in [4.69, 9.17) is 13.9 Å². The second-order valence-corrected chi connectivity index (χ2v) is 5.69. The number of carbonyl (C=O) groups is 3. The summed E-state index contributed by atoms with van der Waals surface area (Å²) >= 11 is 0. The number of rotatable bonds is 7. The molecule has 0 amide bonds. The van der Waals surface area contributed by atoms with Crippen molar-refractivity contribution in [2.75, 3.05) is 6.61 Å². The van der Waals surface area contributed by atoms with Crippen molar-refractivity contribution in [2.24, 2.45) is 0 Å². The number of esters is 2. The highest BCUT2D eigenvalue weighted by molar-refractivity contribution is 5.99. The number of ketones is 1. The van der Waals surface area contributed by atoms with Gasteiger partial charge in [0.25, 0.3) is 5.69 Å². The van der Waals surface area contributed by atoms with Crippen LogP contribution in [0.2, 0.25) is 0 Å². The van der Waals surface area contributed by atoms with Gasteiger partial charge >= 0.3 is 11.9 Å². The Balaban J connectivity index is 1.54. The predicted octanol–water partition coefficient (Wildman–Crippen LogP) is 3.45. The largest absolute Gasteiger partial charge is 0.457 e. The number of ether oxygens (including phenoxy) is 2. The summed E-state index contributed by atoms with van der Waals surface area (Å²) in [6.45, 7) is -0.513. The molecule has 3 rings (SSSR count). The molecule has 0 saturated carbocycles. The highest BCUT2D eigenvalue weighted by Gasteiger charge is 2.15. The first-order valence-corrected chi connectivity index (χ1v) is 8.24. The van der Waals surface area contributed by atoms with E-state index < -0.39 is 29.3 Å². The molecular weight excluding hydrogens is 382 g/mol. The maximum Gasteiger partial charge on any atom is 0.379 e. The first kappa shape index (κ1) is 19.5. The maximum atomic E-state index is 12.2. The Morgan fingerprint density at radius 1 is 0.897 bits per heavy atom. The molecular formula is C20H13NO8. The van der Waals surface area contributed by atoms with E-state index in [2.05, 4.69) is 0 Å². The van der Waals surface area contributed by atoms with Crippen LogP contribution in [0.1, 0.15) is 31.3 Å². The van der Waals surface area contributed by atoms with Gasteiger partial charge in [-0.05, 0) is 48.5 Å². The van der Waals surface area contributed by atoms with Crippen LogP contribution < -0.4 is 4.74 Å². The molecule has 9 heteroatoms. The first-order valence-electron chi connectivity index (χ1n) is 8.24. The lowest BCUT2D eigenvalue weighted by Gasteiger charge is -2.06. The summed E-state index contributed by atoms with van der Waals surface area (Å²) < 4.78 is 15.0. The third-order valence-corrected chi connectivity index (χ3v) is 3.76. The molecule has 0 atom stereocenters. The highest BCUT2D eigenvalue weighted by Crippen LogP contribution is 2.16. The summed E-state index contributed by atoms with van der Waals surface area (Å²) in [6.07, 6.45) is 1.34. The summed E-state index contributed by atoms with van der Waals surface area (Å²) in [5.41, 5.74) is 0.174. The number of non-ortho nitro benzene ring substituents is 1. The van der Waals surface area contributed by atoms with E-state index in [1.165, 1.54) is 60.9 Å². The summed E-state index contributed by atoms with van der Waals surface area (Å²) in [6, 6.07) is 13.5. The third-order valence-electron chi connectivity index (χ3n) is 3.76. The fourth-order valence-corrected chi connectivity index (χ4v) is 2.28. The van der Waals surface area contributed by atoms with Crippen LogP contribution >= 0.6 is 0 Å². The Bertz CT molecular complexity index is 1040. The Morgan fingerprint density at radius 2 is 1.55 bits per heavy atom. The van der Waals surface area contributed by atoms with Gasteiger partial charge in [0.1, 0.15) is 5.75 Å². The molecule has 0 aliphatic carbocycles. The summed E-state index contributed by atoms with van der Waals surface area (Å²) in [7, 11) is 0. The molecule has 0 aliphatic rings. The Hall–Kier alpha value is -4.27. The van der Waals surface area contributed by atoms with Crippen LogP contribution in [0.25, 0.3) is 0 Å². The zero-order valence-electron chi connectivity index (χ0n) is 14.8. The minimum atomic E-state index is -0.780. The second kappa shape index (κ2) is 8.61. The Morgan fingerprint density at radius 3 is 2.14 bits per heavy atom. The SMILES string of the molecule is O=C(COC(=O)c1ccc([N+](=O)[O-])cc1)c1ccc(OC(=O)c2ccco2)cc1. The smallest absolute Gasteiger partial charge is 0.379 e. The van der Waals surface area contributed by atoms with Crippen LogP contribution in [0.3, 0.4) is 0 Å². The third kappa shape index (κ3) is 4.92. The number of benzene rings is 2. The molecule has 0 radical (unpaired) electrons. The van der Waals surface area contributed by atoms with Crippen LogP contribution in [-0.4, -0.2) is 29.3 Å². The van der Waals surface area contributed by atoms with Crippen molar-refractivity contribution in [3.63, 3.8) is 0 Å². The Kier molecular flexibility index (Phi) is 5.79. The van der Waals surface area contributed by atoms with Crippen LogP contribution in [0.5, 0.6) is 5.75 Å². The molecule has 0 fully saturated rings. The standard InChI is InChI=1S/C20H13NO8/c22-17(12-28-19(23)14-3-7-15(8-4-14)21(25)26)13-5-9-16(10-6-13)29-20(24)18-2-1-11-27-18/h1-11H,12H2.